The summed E-state index contributed by atoms with van der Waals surface area (Å²) in [5.74, 6) is 0.969. The second kappa shape index (κ2) is 10.7. The van der Waals surface area contributed by atoms with Crippen LogP contribution in [-0.4, -0.2) is 110 Å². The minimum atomic E-state index is -0.425. The first kappa shape index (κ1) is 22.5. The fourth-order valence-corrected chi connectivity index (χ4v) is 5.74. The van der Waals surface area contributed by atoms with Gasteiger partial charge in [0.15, 0.2) is 0 Å². The van der Waals surface area contributed by atoms with Gasteiger partial charge in [0.1, 0.15) is 0 Å². The number of aliphatic hydroxyl groups is 1. The summed E-state index contributed by atoms with van der Waals surface area (Å²) in [4.78, 5) is 19.5. The lowest BCUT2D eigenvalue weighted by Crippen LogP contribution is -2.57. The molecule has 1 N–H and O–H groups in total. The summed E-state index contributed by atoms with van der Waals surface area (Å²) in [6.07, 6.45) is 8.65. The van der Waals surface area contributed by atoms with Crippen molar-refractivity contribution in [3.63, 3.8) is 0 Å². The number of piperazine rings is 1. The third kappa shape index (κ3) is 5.94. The minimum Gasteiger partial charge on any atom is -0.389 e. The van der Waals surface area contributed by atoms with Crippen LogP contribution in [0.25, 0.3) is 0 Å². The van der Waals surface area contributed by atoms with E-state index in [0.717, 1.165) is 51.5 Å². The molecule has 3 saturated heterocycles. The second-order valence-corrected chi connectivity index (χ2v) is 9.98. The average Bonchev–Trinajstić information content (AvgIpc) is 2.74. The van der Waals surface area contributed by atoms with E-state index in [1.54, 1.807) is 0 Å². The van der Waals surface area contributed by atoms with E-state index >= 15 is 0 Å². The first-order chi connectivity index (χ1) is 14.6. The Morgan fingerprint density at radius 2 is 1.77 bits per heavy atom. The lowest BCUT2D eigenvalue weighted by molar-refractivity contribution is -0.162. The smallest absolute Gasteiger partial charge is 0.225 e. The van der Waals surface area contributed by atoms with E-state index in [9.17, 15) is 9.90 Å². The summed E-state index contributed by atoms with van der Waals surface area (Å²) in [5.41, 5.74) is 0. The molecule has 172 valence electrons. The third-order valence-electron chi connectivity index (χ3n) is 7.56. The first-order valence-electron chi connectivity index (χ1n) is 12.2. The van der Waals surface area contributed by atoms with Gasteiger partial charge in [-0.1, -0.05) is 19.3 Å². The molecule has 7 nitrogen and oxygen atoms in total. The van der Waals surface area contributed by atoms with E-state index < -0.39 is 6.10 Å². The number of likely N-dealkylation sites (N-methyl/N-ethyl adjacent to an activating group) is 1. The minimum absolute atomic E-state index is 0.000120. The van der Waals surface area contributed by atoms with Crippen molar-refractivity contribution in [1.82, 2.24) is 14.7 Å². The van der Waals surface area contributed by atoms with Crippen LogP contribution in [0.15, 0.2) is 0 Å². The highest BCUT2D eigenvalue weighted by atomic mass is 16.5. The van der Waals surface area contributed by atoms with Crippen molar-refractivity contribution in [2.75, 3.05) is 59.5 Å². The van der Waals surface area contributed by atoms with Crippen molar-refractivity contribution in [3.8, 4) is 0 Å². The molecule has 3 aliphatic heterocycles. The van der Waals surface area contributed by atoms with E-state index in [4.69, 9.17) is 9.47 Å². The SMILES string of the molecule is CN1CCN(C(=O)C[C@H]2CC[C@@H]3[C@H](COC[C@@H](O)CN3CC3CCCCC3)O2)CC1. The van der Waals surface area contributed by atoms with Gasteiger partial charge in [0.2, 0.25) is 5.91 Å². The van der Waals surface area contributed by atoms with Gasteiger partial charge in [-0.25, -0.2) is 0 Å². The Labute approximate surface area is 181 Å². The molecule has 0 aromatic heterocycles. The largest absolute Gasteiger partial charge is 0.389 e. The van der Waals surface area contributed by atoms with Crippen LogP contribution in [0.2, 0.25) is 0 Å². The molecule has 4 aliphatic rings. The summed E-state index contributed by atoms with van der Waals surface area (Å²) in [6, 6.07) is 0.289. The maximum atomic E-state index is 12.8. The molecule has 1 saturated carbocycles. The van der Waals surface area contributed by atoms with E-state index in [-0.39, 0.29) is 24.2 Å². The standard InChI is InChI=1S/C23H41N3O4/c1-24-9-11-25(12-10-24)23(28)13-20-7-8-21-22(30-20)17-29-16-19(27)15-26(21)14-18-5-3-2-4-6-18/h18-22,27H,2-17H2,1H3/t19-,20+,21+,22-/m0/s1. The Balaban J connectivity index is 1.33. The molecule has 1 aliphatic carbocycles. The van der Waals surface area contributed by atoms with Crippen LogP contribution in [0.5, 0.6) is 0 Å². The normalized spacial score (nSPS) is 35.5. The van der Waals surface area contributed by atoms with Crippen molar-refractivity contribution in [2.24, 2.45) is 5.92 Å². The molecule has 30 heavy (non-hydrogen) atoms. The lowest BCUT2D eigenvalue weighted by Gasteiger charge is -2.46. The third-order valence-corrected chi connectivity index (χ3v) is 7.56. The highest BCUT2D eigenvalue weighted by Gasteiger charge is 2.39. The lowest BCUT2D eigenvalue weighted by atomic mass is 9.87. The number of β-amino-alcohol motifs (C(OH)–C–C–N with tert-alkyl or cyclic N) is 1. The molecular formula is C23H41N3O4. The van der Waals surface area contributed by atoms with Gasteiger partial charge >= 0.3 is 0 Å². The van der Waals surface area contributed by atoms with Crippen LogP contribution >= 0.6 is 0 Å². The summed E-state index contributed by atoms with van der Waals surface area (Å²) in [6.45, 7) is 6.18. The van der Waals surface area contributed by atoms with Gasteiger partial charge in [0.25, 0.3) is 0 Å². The van der Waals surface area contributed by atoms with Crippen molar-refractivity contribution in [3.05, 3.63) is 0 Å². The monoisotopic (exact) mass is 423 g/mol. The van der Waals surface area contributed by atoms with Crippen LogP contribution in [-0.2, 0) is 14.3 Å². The Bertz CT molecular complexity index is 549. The Morgan fingerprint density at radius 1 is 1.00 bits per heavy atom. The molecule has 1 amide bonds. The maximum Gasteiger partial charge on any atom is 0.225 e. The fraction of sp³-hybridized carbons (Fsp3) is 0.957. The number of aliphatic hydroxyl groups excluding tert-OH is 1. The highest BCUT2D eigenvalue weighted by molar-refractivity contribution is 5.76. The van der Waals surface area contributed by atoms with Crippen LogP contribution in [0.4, 0.5) is 0 Å². The number of ether oxygens (including phenoxy) is 2. The van der Waals surface area contributed by atoms with E-state index in [1.807, 2.05) is 4.90 Å². The first-order valence-corrected chi connectivity index (χ1v) is 12.2. The summed E-state index contributed by atoms with van der Waals surface area (Å²) in [5, 5.41) is 10.4. The molecule has 7 heteroatoms. The number of carbonyl (C=O) groups excluding carboxylic acids is 1. The molecule has 0 unspecified atom stereocenters. The van der Waals surface area contributed by atoms with E-state index in [0.29, 0.717) is 26.2 Å². The topological polar surface area (TPSA) is 65.5 Å². The van der Waals surface area contributed by atoms with Gasteiger partial charge in [0.05, 0.1) is 37.9 Å². The van der Waals surface area contributed by atoms with Gasteiger partial charge in [-0.15, -0.1) is 0 Å². The second-order valence-electron chi connectivity index (χ2n) is 9.98. The van der Waals surface area contributed by atoms with Crippen molar-refractivity contribution >= 4 is 5.91 Å². The molecule has 0 aromatic carbocycles. The predicted octanol–water partition coefficient (Wildman–Crippen LogP) is 1.34. The van der Waals surface area contributed by atoms with Gasteiger partial charge < -0.3 is 24.4 Å². The summed E-state index contributed by atoms with van der Waals surface area (Å²) < 4.78 is 12.2. The highest BCUT2D eigenvalue weighted by Crippen LogP contribution is 2.31. The number of hydrogen-bond acceptors (Lipinski definition) is 6. The Morgan fingerprint density at radius 3 is 2.53 bits per heavy atom. The van der Waals surface area contributed by atoms with E-state index in [2.05, 4.69) is 16.8 Å². The fourth-order valence-electron chi connectivity index (χ4n) is 5.74. The van der Waals surface area contributed by atoms with Gasteiger partial charge in [-0.05, 0) is 38.6 Å². The number of carbonyl (C=O) groups is 1. The quantitative estimate of drug-likeness (QED) is 0.736. The van der Waals surface area contributed by atoms with Crippen LogP contribution in [0.1, 0.15) is 51.4 Å². The molecule has 0 radical (unpaired) electrons. The number of nitrogens with zero attached hydrogens (tertiary/aromatic N) is 3. The van der Waals surface area contributed by atoms with Crippen LogP contribution < -0.4 is 0 Å². The zero-order valence-electron chi connectivity index (χ0n) is 18.7. The zero-order valence-corrected chi connectivity index (χ0v) is 18.7. The maximum absolute atomic E-state index is 12.8. The number of hydrogen-bond donors (Lipinski definition) is 1. The van der Waals surface area contributed by atoms with Crippen LogP contribution in [0.3, 0.4) is 0 Å². The van der Waals surface area contributed by atoms with Crippen molar-refractivity contribution in [2.45, 2.75) is 75.7 Å². The summed E-state index contributed by atoms with van der Waals surface area (Å²) >= 11 is 0. The number of amides is 1. The van der Waals surface area contributed by atoms with Crippen molar-refractivity contribution < 1.29 is 19.4 Å². The zero-order chi connectivity index (χ0) is 20.9. The molecule has 4 fully saturated rings. The van der Waals surface area contributed by atoms with Crippen LogP contribution in [0, 0.1) is 5.92 Å². The molecule has 4 rings (SSSR count). The number of rotatable bonds is 4. The summed E-state index contributed by atoms with van der Waals surface area (Å²) in [7, 11) is 2.11. The molecule has 3 heterocycles. The van der Waals surface area contributed by atoms with Gasteiger partial charge in [0, 0.05) is 45.3 Å². The van der Waals surface area contributed by atoms with Crippen molar-refractivity contribution in [1.29, 1.82) is 0 Å². The average molecular weight is 424 g/mol. The predicted molar refractivity (Wildman–Crippen MR) is 115 cm³/mol. The Kier molecular flexibility index (Phi) is 8.03. The molecule has 0 bridgehead atoms. The van der Waals surface area contributed by atoms with Gasteiger partial charge in [-0.3, -0.25) is 9.69 Å². The molecule has 0 aromatic rings. The van der Waals surface area contributed by atoms with Gasteiger partial charge in [-0.2, -0.15) is 0 Å². The van der Waals surface area contributed by atoms with E-state index in [1.165, 1.54) is 32.1 Å². The molecular weight excluding hydrogens is 382 g/mol. The molecule has 4 atom stereocenters. The molecule has 0 spiro atoms. The number of fused-ring (bicyclic) bond motifs is 1. The Hall–Kier alpha value is -0.730.